The van der Waals surface area contributed by atoms with Crippen LogP contribution in [0.1, 0.15) is 19.4 Å². The minimum atomic E-state index is -4.89. The minimum absolute atomic E-state index is 0.221. The molecule has 22 heavy (non-hydrogen) atoms. The van der Waals surface area contributed by atoms with Crippen molar-refractivity contribution in [2.24, 2.45) is 0 Å². The number of benzene rings is 1. The number of halogens is 1. The van der Waals surface area contributed by atoms with Gasteiger partial charge < -0.3 is 0 Å². The van der Waals surface area contributed by atoms with Crippen molar-refractivity contribution in [3.05, 3.63) is 29.8 Å². The molecule has 1 aliphatic heterocycles. The highest BCUT2D eigenvalue weighted by Gasteiger charge is 2.45. The summed E-state index contributed by atoms with van der Waals surface area (Å²) in [4.78, 5) is 36.6. The Morgan fingerprint density at radius 3 is 2.27 bits per heavy atom. The van der Waals surface area contributed by atoms with Gasteiger partial charge in [0, 0.05) is 6.04 Å². The fraction of sp³-hybridized carbons (Fsp3) is 0.308. The van der Waals surface area contributed by atoms with Crippen LogP contribution in [0.5, 0.6) is 0 Å². The second-order valence-corrected chi connectivity index (χ2v) is 6.38. The van der Waals surface area contributed by atoms with Crippen LogP contribution in [0.25, 0.3) is 0 Å². The molecule has 2 rings (SSSR count). The molecule has 0 aliphatic carbocycles. The van der Waals surface area contributed by atoms with Crippen molar-refractivity contribution in [3.63, 3.8) is 0 Å². The summed E-state index contributed by atoms with van der Waals surface area (Å²) in [5.41, 5.74) is 0.221. The molecule has 0 saturated carbocycles. The highest BCUT2D eigenvalue weighted by Crippen LogP contribution is 2.20. The highest BCUT2D eigenvalue weighted by atomic mass is 32.3. The maximum absolute atomic E-state index is 13.0. The van der Waals surface area contributed by atoms with Crippen LogP contribution in [0.3, 0.4) is 0 Å². The van der Waals surface area contributed by atoms with Crippen LogP contribution >= 0.6 is 0 Å². The van der Waals surface area contributed by atoms with Crippen molar-refractivity contribution in [1.29, 1.82) is 0 Å². The molecule has 118 valence electrons. The first-order chi connectivity index (χ1) is 10.1. The largest absolute Gasteiger partial charge is 0.334 e. The number of hydrogen-bond acceptors (Lipinski definition) is 5. The molecule has 1 aromatic carbocycles. The van der Waals surface area contributed by atoms with E-state index in [9.17, 15) is 26.7 Å². The molecule has 0 atom stereocenters. The van der Waals surface area contributed by atoms with Crippen molar-refractivity contribution >= 4 is 28.1 Å². The molecular weight excluding hydrogens is 315 g/mol. The maximum Gasteiger partial charge on any atom is 0.334 e. The first-order valence-corrected chi connectivity index (χ1v) is 7.74. The van der Waals surface area contributed by atoms with Gasteiger partial charge in [0.25, 0.3) is 0 Å². The number of nitrogens with zero attached hydrogens (tertiary/aromatic N) is 2. The molecule has 0 unspecified atom stereocenters. The van der Waals surface area contributed by atoms with Gasteiger partial charge in [0.1, 0.15) is 0 Å². The van der Waals surface area contributed by atoms with Gasteiger partial charge >= 0.3 is 28.1 Å². The second-order valence-electron chi connectivity index (χ2n) is 5.03. The third-order valence-corrected chi connectivity index (χ3v) is 3.94. The number of amides is 4. The van der Waals surface area contributed by atoms with Gasteiger partial charge in [-0.05, 0) is 31.5 Å². The third-order valence-electron chi connectivity index (χ3n) is 3.12. The van der Waals surface area contributed by atoms with Gasteiger partial charge in [-0.25, -0.2) is 4.79 Å². The predicted octanol–water partition coefficient (Wildman–Crippen LogP) is 1.04. The van der Waals surface area contributed by atoms with Crippen molar-refractivity contribution in [3.8, 4) is 0 Å². The Bertz CT molecular complexity index is 759. The van der Waals surface area contributed by atoms with E-state index in [1.165, 1.54) is 12.1 Å². The van der Waals surface area contributed by atoms with E-state index >= 15 is 0 Å². The van der Waals surface area contributed by atoms with Crippen LogP contribution in [0, 0.1) is 0 Å². The van der Waals surface area contributed by atoms with Crippen LogP contribution in [0.4, 0.5) is 8.68 Å². The van der Waals surface area contributed by atoms with E-state index in [-0.39, 0.29) is 12.1 Å². The van der Waals surface area contributed by atoms with Crippen molar-refractivity contribution < 1.29 is 26.7 Å². The summed E-state index contributed by atoms with van der Waals surface area (Å²) in [6.07, 6.45) is 0. The summed E-state index contributed by atoms with van der Waals surface area (Å²) in [6.45, 7) is 2.86. The zero-order chi connectivity index (χ0) is 16.7. The summed E-state index contributed by atoms with van der Waals surface area (Å²) in [6, 6.07) is 3.52. The van der Waals surface area contributed by atoms with Gasteiger partial charge in [-0.1, -0.05) is 12.1 Å². The fourth-order valence-electron chi connectivity index (χ4n) is 2.10. The zero-order valence-electron chi connectivity index (χ0n) is 11.8. The van der Waals surface area contributed by atoms with E-state index in [0.717, 1.165) is 17.0 Å². The van der Waals surface area contributed by atoms with Gasteiger partial charge in [-0.2, -0.15) is 8.42 Å². The van der Waals surface area contributed by atoms with E-state index in [0.29, 0.717) is 4.90 Å². The lowest BCUT2D eigenvalue weighted by Gasteiger charge is -2.18. The topological polar surface area (TPSA) is 91.8 Å². The van der Waals surface area contributed by atoms with Crippen LogP contribution in [0.2, 0.25) is 0 Å². The summed E-state index contributed by atoms with van der Waals surface area (Å²) in [5, 5.41) is 0. The molecule has 1 heterocycles. The fourth-order valence-corrected chi connectivity index (χ4v) is 2.63. The third kappa shape index (κ3) is 2.84. The average molecular weight is 328 g/mol. The smallest absolute Gasteiger partial charge is 0.263 e. The lowest BCUT2D eigenvalue weighted by atomic mass is 10.2. The van der Waals surface area contributed by atoms with Crippen molar-refractivity contribution in [2.45, 2.75) is 31.3 Å². The van der Waals surface area contributed by atoms with Crippen LogP contribution in [-0.2, 0) is 26.4 Å². The molecule has 9 heteroatoms. The van der Waals surface area contributed by atoms with Crippen molar-refractivity contribution in [1.82, 2.24) is 9.80 Å². The molecule has 7 nitrogen and oxygen atoms in total. The Labute approximate surface area is 126 Å². The predicted molar refractivity (Wildman–Crippen MR) is 72.7 cm³/mol. The first-order valence-electron chi connectivity index (χ1n) is 6.35. The Kier molecular flexibility index (Phi) is 4.01. The monoisotopic (exact) mass is 328 g/mol. The number of carbonyl (C=O) groups excluding carboxylic acids is 3. The Balaban J connectivity index is 2.30. The molecule has 0 spiro atoms. The van der Waals surface area contributed by atoms with Gasteiger partial charge in [-0.3, -0.25) is 19.4 Å². The SMILES string of the molecule is CC(C)N1C(=O)C(=O)N(Cc2cccc(S(=O)(=O)F)c2)C1=O. The quantitative estimate of drug-likeness (QED) is 0.468. The number of hydrogen-bond donors (Lipinski definition) is 0. The van der Waals surface area contributed by atoms with Gasteiger partial charge in [0.2, 0.25) is 0 Å². The zero-order valence-corrected chi connectivity index (χ0v) is 12.6. The van der Waals surface area contributed by atoms with Crippen LogP contribution in [-0.4, -0.2) is 42.1 Å². The summed E-state index contributed by atoms with van der Waals surface area (Å²) in [7, 11) is -4.89. The molecule has 0 N–H and O–H groups in total. The second kappa shape index (κ2) is 5.48. The van der Waals surface area contributed by atoms with Crippen molar-refractivity contribution in [2.75, 3.05) is 0 Å². The summed E-state index contributed by atoms with van der Waals surface area (Å²) in [5.74, 6) is -1.93. The van der Waals surface area contributed by atoms with Crippen LogP contribution in [0.15, 0.2) is 29.2 Å². The normalized spacial score (nSPS) is 16.1. The molecule has 0 aromatic heterocycles. The van der Waals surface area contributed by atoms with Gasteiger partial charge in [0.15, 0.2) is 0 Å². The molecule has 1 saturated heterocycles. The van der Waals surface area contributed by atoms with E-state index in [2.05, 4.69) is 0 Å². The van der Waals surface area contributed by atoms with Crippen LogP contribution < -0.4 is 0 Å². The number of rotatable bonds is 4. The van der Waals surface area contributed by atoms with Gasteiger partial charge in [-0.15, -0.1) is 3.89 Å². The first kappa shape index (κ1) is 16.1. The minimum Gasteiger partial charge on any atom is -0.263 e. The highest BCUT2D eigenvalue weighted by molar-refractivity contribution is 7.86. The standard InChI is InChI=1S/C13H13FN2O5S/c1-8(2)16-12(18)11(17)15(13(16)19)7-9-4-3-5-10(6-9)22(14,20)21/h3-6,8H,7H2,1-2H3. The number of imide groups is 2. The van der Waals surface area contributed by atoms with Gasteiger partial charge in [0.05, 0.1) is 11.4 Å². The Hall–Kier alpha value is -2.29. The van der Waals surface area contributed by atoms with E-state index in [1.807, 2.05) is 0 Å². The van der Waals surface area contributed by atoms with E-state index in [4.69, 9.17) is 0 Å². The lowest BCUT2D eigenvalue weighted by molar-refractivity contribution is -0.144. The lowest BCUT2D eigenvalue weighted by Crippen LogP contribution is -2.37. The number of urea groups is 1. The summed E-state index contributed by atoms with van der Waals surface area (Å²) < 4.78 is 34.7. The molecule has 1 fully saturated rings. The van der Waals surface area contributed by atoms with E-state index < -0.39 is 39.0 Å². The molecule has 4 amide bonds. The molecular formula is C13H13FN2O5S. The molecule has 1 aliphatic rings. The van der Waals surface area contributed by atoms with E-state index in [1.54, 1.807) is 13.8 Å². The molecule has 0 radical (unpaired) electrons. The summed E-state index contributed by atoms with van der Waals surface area (Å²) >= 11 is 0. The average Bonchev–Trinajstić information content (AvgIpc) is 2.62. The Morgan fingerprint density at radius 2 is 1.77 bits per heavy atom. The maximum atomic E-state index is 13.0. The molecule has 0 bridgehead atoms. The number of carbonyl (C=O) groups is 3. The molecule has 1 aromatic rings. The Morgan fingerprint density at radius 1 is 1.14 bits per heavy atom.